The second kappa shape index (κ2) is 16.1. The molecule has 6 heteroatoms. The monoisotopic (exact) mass is 378 g/mol. The molecule has 0 aliphatic carbocycles. The summed E-state index contributed by atoms with van der Waals surface area (Å²) in [5, 5.41) is 27.3. The fourth-order valence-electron chi connectivity index (χ4n) is 0.755. The van der Waals surface area contributed by atoms with Gasteiger partial charge in [0.05, 0.1) is 5.60 Å². The van der Waals surface area contributed by atoms with Crippen LogP contribution in [0.5, 0.6) is 0 Å². The van der Waals surface area contributed by atoms with E-state index in [0.717, 1.165) is 26.7 Å². The molecule has 120 valence electrons. The van der Waals surface area contributed by atoms with Crippen LogP contribution in [0.2, 0.25) is 0 Å². The Balaban J connectivity index is -0.000000119. The van der Waals surface area contributed by atoms with Crippen molar-refractivity contribution in [2.24, 2.45) is 0 Å². The van der Waals surface area contributed by atoms with Crippen molar-refractivity contribution >= 4 is 11.9 Å². The number of carbonyl (C=O) groups is 2. The van der Waals surface area contributed by atoms with E-state index >= 15 is 0 Å². The number of allylic oxidation sites excluding steroid dienone is 2. The van der Waals surface area contributed by atoms with Crippen LogP contribution in [-0.2, 0) is 30.0 Å². The number of hydrogen-bond acceptors (Lipinski definition) is 5. The molecular weight excluding hydrogens is 355 g/mol. The number of aliphatic hydroxyl groups is 1. The molecule has 0 heterocycles. The van der Waals surface area contributed by atoms with Gasteiger partial charge in [-0.15, -0.1) is 6.58 Å². The molecule has 0 bridgehead atoms. The molecule has 0 radical (unpaired) electrons. The predicted molar refractivity (Wildman–Crippen MR) is 70.8 cm³/mol. The van der Waals surface area contributed by atoms with Gasteiger partial charge in [-0.3, -0.25) is 0 Å². The third-order valence-corrected chi connectivity index (χ3v) is 1.64. The van der Waals surface area contributed by atoms with E-state index in [4.69, 9.17) is 19.8 Å². The van der Waals surface area contributed by atoms with Gasteiger partial charge in [0, 0.05) is 11.9 Å². The molecule has 0 saturated carbocycles. The van der Waals surface area contributed by atoms with Crippen molar-refractivity contribution in [3.05, 3.63) is 24.3 Å². The van der Waals surface area contributed by atoms with Crippen molar-refractivity contribution in [2.45, 2.75) is 53.1 Å². The number of carbonyl (C=O) groups excluding carboxylic acids is 2. The average molecular weight is 379 g/mol. The van der Waals surface area contributed by atoms with Crippen LogP contribution in [0.25, 0.3) is 0 Å². The van der Waals surface area contributed by atoms with E-state index in [1.807, 2.05) is 0 Å². The van der Waals surface area contributed by atoms with Crippen LogP contribution in [0, 0.1) is 0 Å². The van der Waals surface area contributed by atoms with Crippen LogP contribution in [0.15, 0.2) is 24.3 Å². The standard InChI is InChI=1S/C10H18O.2C2H4O2.Pd/c1-5-10(4,11)8-6-7-9(2)3;2*1-2(3)4;/h5,7,11H,1,6,8H2,2-4H3;2*1H3,(H,3,4);/q;;;+2/p-2. The molecule has 0 rings (SSSR count). The first-order valence-electron chi connectivity index (χ1n) is 5.79. The van der Waals surface area contributed by atoms with Gasteiger partial charge in [-0.05, 0) is 47.5 Å². The smallest absolute Gasteiger partial charge is 0.550 e. The molecule has 1 N–H and O–H groups in total. The summed E-state index contributed by atoms with van der Waals surface area (Å²) in [5.74, 6) is -2.17. The first-order valence-corrected chi connectivity index (χ1v) is 5.79. The second-order valence-electron chi connectivity index (χ2n) is 4.36. The van der Waals surface area contributed by atoms with Crippen molar-refractivity contribution in [3.8, 4) is 0 Å². The zero-order valence-corrected chi connectivity index (χ0v) is 14.2. The normalized spacial score (nSPS) is 10.9. The van der Waals surface area contributed by atoms with Gasteiger partial charge < -0.3 is 24.9 Å². The van der Waals surface area contributed by atoms with Gasteiger partial charge in [0.1, 0.15) is 0 Å². The zero-order chi connectivity index (χ0) is 16.1. The maximum absolute atomic E-state index is 9.49. The minimum absolute atomic E-state index is 0. The Morgan fingerprint density at radius 2 is 1.45 bits per heavy atom. The summed E-state index contributed by atoms with van der Waals surface area (Å²) in [5.41, 5.74) is 0.594. The molecule has 0 saturated heterocycles. The molecule has 0 aromatic rings. The molecular formula is C14H24O5Pd. The number of carboxylic acids is 2. The maximum atomic E-state index is 9.49. The van der Waals surface area contributed by atoms with Crippen molar-refractivity contribution in [3.63, 3.8) is 0 Å². The van der Waals surface area contributed by atoms with Crippen LogP contribution in [0.1, 0.15) is 47.5 Å². The van der Waals surface area contributed by atoms with Gasteiger partial charge in [-0.2, -0.15) is 0 Å². The zero-order valence-electron chi connectivity index (χ0n) is 12.7. The Hall–Kier alpha value is -0.958. The van der Waals surface area contributed by atoms with E-state index in [0.29, 0.717) is 0 Å². The van der Waals surface area contributed by atoms with E-state index in [-0.39, 0.29) is 20.4 Å². The van der Waals surface area contributed by atoms with Crippen LogP contribution < -0.4 is 10.2 Å². The Bertz CT molecular complexity index is 285. The van der Waals surface area contributed by atoms with Crippen LogP contribution in [0.4, 0.5) is 0 Å². The fourth-order valence-corrected chi connectivity index (χ4v) is 0.755. The Labute approximate surface area is 135 Å². The number of carboxylic acid groups (broad SMARTS) is 2. The van der Waals surface area contributed by atoms with E-state index in [1.165, 1.54) is 5.57 Å². The summed E-state index contributed by atoms with van der Waals surface area (Å²) in [6, 6.07) is 0. The van der Waals surface area contributed by atoms with Crippen molar-refractivity contribution < 1.29 is 45.3 Å². The van der Waals surface area contributed by atoms with Gasteiger partial charge in [-0.1, -0.05) is 17.7 Å². The molecule has 0 aliphatic rings. The van der Waals surface area contributed by atoms with Gasteiger partial charge in [-0.25, -0.2) is 0 Å². The summed E-state index contributed by atoms with van der Waals surface area (Å²) in [4.78, 5) is 17.8. The summed E-state index contributed by atoms with van der Waals surface area (Å²) < 4.78 is 0. The molecule has 0 amide bonds. The Morgan fingerprint density at radius 1 is 1.15 bits per heavy atom. The van der Waals surface area contributed by atoms with Gasteiger partial charge in [0.25, 0.3) is 0 Å². The summed E-state index contributed by atoms with van der Waals surface area (Å²) >= 11 is 0. The molecule has 0 aromatic carbocycles. The predicted octanol–water partition coefficient (Wildman–Crippen LogP) is 0.180. The number of rotatable bonds is 4. The minimum Gasteiger partial charge on any atom is -0.550 e. The Morgan fingerprint density at radius 3 is 1.65 bits per heavy atom. The van der Waals surface area contributed by atoms with Crippen LogP contribution in [0.3, 0.4) is 0 Å². The summed E-state index contributed by atoms with van der Waals surface area (Å²) in [6.07, 6.45) is 5.38. The van der Waals surface area contributed by atoms with E-state index < -0.39 is 17.5 Å². The molecule has 1 atom stereocenters. The van der Waals surface area contributed by atoms with Crippen molar-refractivity contribution in [1.29, 1.82) is 0 Å². The van der Waals surface area contributed by atoms with Crippen LogP contribution >= 0.6 is 0 Å². The molecule has 5 nitrogen and oxygen atoms in total. The maximum Gasteiger partial charge on any atom is 2.00 e. The Kier molecular flexibility index (Phi) is 22.1. The molecule has 0 spiro atoms. The average Bonchev–Trinajstić information content (AvgIpc) is 2.14. The fraction of sp³-hybridized carbons (Fsp3) is 0.571. The first kappa shape index (κ1) is 27.4. The first-order chi connectivity index (χ1) is 8.44. The van der Waals surface area contributed by atoms with E-state index in [2.05, 4.69) is 26.5 Å². The third-order valence-electron chi connectivity index (χ3n) is 1.64. The summed E-state index contributed by atoms with van der Waals surface area (Å²) in [6.45, 7) is 11.4. The number of hydrogen-bond donors (Lipinski definition) is 1. The van der Waals surface area contributed by atoms with Crippen LogP contribution in [-0.4, -0.2) is 22.6 Å². The molecule has 0 aromatic heterocycles. The minimum atomic E-state index is -1.08. The number of aliphatic carboxylic acids is 2. The second-order valence-corrected chi connectivity index (χ2v) is 4.36. The molecule has 0 fully saturated rings. The largest absolute Gasteiger partial charge is 2.00 e. The van der Waals surface area contributed by atoms with Gasteiger partial charge in [0.2, 0.25) is 0 Å². The van der Waals surface area contributed by atoms with Crippen molar-refractivity contribution in [1.82, 2.24) is 0 Å². The third kappa shape index (κ3) is 53.6. The quantitative estimate of drug-likeness (QED) is 0.555. The van der Waals surface area contributed by atoms with Gasteiger partial charge in [0.15, 0.2) is 0 Å². The van der Waals surface area contributed by atoms with E-state index in [9.17, 15) is 5.11 Å². The topological polar surface area (TPSA) is 100 Å². The molecule has 0 aliphatic heterocycles. The molecule has 20 heavy (non-hydrogen) atoms. The summed E-state index contributed by atoms with van der Waals surface area (Å²) in [7, 11) is 0. The molecule has 1 unspecified atom stereocenters. The van der Waals surface area contributed by atoms with E-state index in [1.54, 1.807) is 13.0 Å². The SMILES string of the molecule is C=CC(C)(O)CCC=C(C)C.CC(=O)[O-].CC(=O)[O-].[Pd+2]. The van der Waals surface area contributed by atoms with Crippen molar-refractivity contribution in [2.75, 3.05) is 0 Å². The van der Waals surface area contributed by atoms with Gasteiger partial charge >= 0.3 is 20.4 Å².